The van der Waals surface area contributed by atoms with Crippen LogP contribution >= 0.6 is 15.9 Å². The standard InChI is InChI=1S/C13H15BrFNO2/c14-13-9(2-1-3-12(13)15)8-18-11-6-4-10(16-17)5-7-11/h1-3,11,17H,4-8H2. The van der Waals surface area contributed by atoms with Crippen molar-refractivity contribution in [2.24, 2.45) is 5.16 Å². The van der Waals surface area contributed by atoms with Crippen molar-refractivity contribution in [3.63, 3.8) is 0 Å². The summed E-state index contributed by atoms with van der Waals surface area (Å²) < 4.78 is 19.5. The highest BCUT2D eigenvalue weighted by molar-refractivity contribution is 9.10. The van der Waals surface area contributed by atoms with Gasteiger partial charge in [0.2, 0.25) is 0 Å². The molecule has 1 aliphatic rings. The summed E-state index contributed by atoms with van der Waals surface area (Å²) >= 11 is 3.22. The van der Waals surface area contributed by atoms with Crippen LogP contribution in [0.1, 0.15) is 31.2 Å². The van der Waals surface area contributed by atoms with Gasteiger partial charge in [-0.15, -0.1) is 0 Å². The van der Waals surface area contributed by atoms with E-state index in [1.807, 2.05) is 6.07 Å². The number of hydrogen-bond acceptors (Lipinski definition) is 3. The molecule has 0 unspecified atom stereocenters. The molecule has 18 heavy (non-hydrogen) atoms. The summed E-state index contributed by atoms with van der Waals surface area (Å²) in [5, 5.41) is 11.9. The maximum absolute atomic E-state index is 13.3. The molecule has 1 fully saturated rings. The van der Waals surface area contributed by atoms with Gasteiger partial charge in [0, 0.05) is 0 Å². The Hall–Kier alpha value is -0.940. The molecule has 0 amide bonds. The normalized spacial score (nSPS) is 19.9. The first-order chi connectivity index (χ1) is 8.70. The molecule has 1 aromatic rings. The number of ether oxygens (including phenoxy) is 1. The fourth-order valence-corrected chi connectivity index (χ4v) is 2.44. The number of rotatable bonds is 3. The largest absolute Gasteiger partial charge is 0.411 e. The van der Waals surface area contributed by atoms with E-state index in [0.717, 1.165) is 37.0 Å². The molecule has 0 bridgehead atoms. The van der Waals surface area contributed by atoms with Gasteiger partial charge in [0.05, 0.1) is 22.9 Å². The number of benzene rings is 1. The maximum atomic E-state index is 13.3. The first kappa shape index (κ1) is 13.5. The highest BCUT2D eigenvalue weighted by Crippen LogP contribution is 2.24. The van der Waals surface area contributed by atoms with Crippen LogP contribution in [0.15, 0.2) is 27.8 Å². The van der Waals surface area contributed by atoms with Crippen molar-refractivity contribution in [3.8, 4) is 0 Å². The van der Waals surface area contributed by atoms with Crippen molar-refractivity contribution in [2.75, 3.05) is 0 Å². The minimum atomic E-state index is -0.269. The second kappa shape index (κ2) is 6.29. The van der Waals surface area contributed by atoms with E-state index in [2.05, 4.69) is 21.1 Å². The molecule has 98 valence electrons. The van der Waals surface area contributed by atoms with Crippen LogP contribution in [0.3, 0.4) is 0 Å². The number of nitrogens with zero attached hydrogens (tertiary/aromatic N) is 1. The van der Waals surface area contributed by atoms with Gasteiger partial charge in [-0.05, 0) is 53.2 Å². The molecule has 0 spiro atoms. The summed E-state index contributed by atoms with van der Waals surface area (Å²) in [5.41, 5.74) is 1.65. The lowest BCUT2D eigenvalue weighted by Gasteiger charge is -2.23. The van der Waals surface area contributed by atoms with Crippen LogP contribution in [0.25, 0.3) is 0 Å². The highest BCUT2D eigenvalue weighted by atomic mass is 79.9. The maximum Gasteiger partial charge on any atom is 0.137 e. The zero-order chi connectivity index (χ0) is 13.0. The molecule has 1 saturated carbocycles. The van der Waals surface area contributed by atoms with E-state index in [-0.39, 0.29) is 11.9 Å². The molecule has 0 heterocycles. The van der Waals surface area contributed by atoms with Gasteiger partial charge in [0.15, 0.2) is 0 Å². The average Bonchev–Trinajstić information content (AvgIpc) is 2.41. The molecule has 0 aromatic heterocycles. The van der Waals surface area contributed by atoms with Gasteiger partial charge in [0.1, 0.15) is 5.82 Å². The van der Waals surface area contributed by atoms with Crippen LogP contribution in [0.5, 0.6) is 0 Å². The Morgan fingerprint density at radius 1 is 1.39 bits per heavy atom. The smallest absolute Gasteiger partial charge is 0.137 e. The van der Waals surface area contributed by atoms with Crippen molar-refractivity contribution in [2.45, 2.75) is 38.4 Å². The molecular weight excluding hydrogens is 301 g/mol. The van der Waals surface area contributed by atoms with Crippen molar-refractivity contribution in [3.05, 3.63) is 34.1 Å². The number of oxime groups is 1. The summed E-state index contributed by atoms with van der Waals surface area (Å²) in [4.78, 5) is 0. The minimum absolute atomic E-state index is 0.158. The Labute approximate surface area is 114 Å². The Morgan fingerprint density at radius 2 is 2.11 bits per heavy atom. The van der Waals surface area contributed by atoms with Gasteiger partial charge in [-0.1, -0.05) is 17.3 Å². The zero-order valence-electron chi connectivity index (χ0n) is 9.90. The topological polar surface area (TPSA) is 41.8 Å². The molecule has 3 nitrogen and oxygen atoms in total. The van der Waals surface area contributed by atoms with E-state index in [0.29, 0.717) is 11.1 Å². The Kier molecular flexibility index (Phi) is 4.72. The molecular formula is C13H15BrFNO2. The van der Waals surface area contributed by atoms with Crippen molar-refractivity contribution in [1.29, 1.82) is 0 Å². The summed E-state index contributed by atoms with van der Waals surface area (Å²) in [6, 6.07) is 4.94. The summed E-state index contributed by atoms with van der Waals surface area (Å²) in [6.07, 6.45) is 3.40. The van der Waals surface area contributed by atoms with E-state index in [1.165, 1.54) is 6.07 Å². The molecule has 0 radical (unpaired) electrons. The van der Waals surface area contributed by atoms with E-state index in [4.69, 9.17) is 9.94 Å². The third-order valence-corrected chi connectivity index (χ3v) is 4.05. The predicted molar refractivity (Wildman–Crippen MR) is 70.4 cm³/mol. The minimum Gasteiger partial charge on any atom is -0.411 e. The van der Waals surface area contributed by atoms with Crippen LogP contribution in [-0.2, 0) is 11.3 Å². The van der Waals surface area contributed by atoms with Crippen LogP contribution in [0.2, 0.25) is 0 Å². The molecule has 1 aromatic carbocycles. The summed E-state index contributed by atoms with van der Waals surface area (Å²) in [5.74, 6) is -0.269. The van der Waals surface area contributed by atoms with E-state index in [1.54, 1.807) is 6.07 Å². The third-order valence-electron chi connectivity index (χ3n) is 3.16. The predicted octanol–water partition coefficient (Wildman–Crippen LogP) is 3.88. The fraction of sp³-hybridized carbons (Fsp3) is 0.462. The lowest BCUT2D eigenvalue weighted by molar-refractivity contribution is 0.0273. The van der Waals surface area contributed by atoms with Gasteiger partial charge in [0.25, 0.3) is 0 Å². The number of halogens is 2. The Bertz CT molecular complexity index is 441. The molecule has 1 aliphatic carbocycles. The average molecular weight is 316 g/mol. The molecule has 2 rings (SSSR count). The number of hydrogen-bond donors (Lipinski definition) is 1. The van der Waals surface area contributed by atoms with Crippen LogP contribution < -0.4 is 0 Å². The molecule has 0 saturated heterocycles. The first-order valence-corrected chi connectivity index (χ1v) is 6.74. The van der Waals surface area contributed by atoms with Crippen molar-refractivity contribution >= 4 is 21.6 Å². The van der Waals surface area contributed by atoms with Crippen LogP contribution in [0.4, 0.5) is 4.39 Å². The molecule has 1 N–H and O–H groups in total. The SMILES string of the molecule is ON=C1CCC(OCc2cccc(F)c2Br)CC1. The van der Waals surface area contributed by atoms with Crippen LogP contribution in [-0.4, -0.2) is 17.0 Å². The van der Waals surface area contributed by atoms with E-state index < -0.39 is 0 Å². The monoisotopic (exact) mass is 315 g/mol. The first-order valence-electron chi connectivity index (χ1n) is 5.95. The quantitative estimate of drug-likeness (QED) is 0.679. The second-order valence-electron chi connectivity index (χ2n) is 4.39. The van der Waals surface area contributed by atoms with Gasteiger partial charge < -0.3 is 9.94 Å². The van der Waals surface area contributed by atoms with Gasteiger partial charge in [-0.2, -0.15) is 0 Å². The lowest BCUT2D eigenvalue weighted by atomic mass is 9.96. The third kappa shape index (κ3) is 3.29. The lowest BCUT2D eigenvalue weighted by Crippen LogP contribution is -2.21. The molecule has 0 aliphatic heterocycles. The van der Waals surface area contributed by atoms with Crippen molar-refractivity contribution < 1.29 is 14.3 Å². The molecule has 5 heteroatoms. The highest BCUT2D eigenvalue weighted by Gasteiger charge is 2.18. The summed E-state index contributed by atoms with van der Waals surface area (Å²) in [7, 11) is 0. The van der Waals surface area contributed by atoms with Crippen molar-refractivity contribution in [1.82, 2.24) is 0 Å². The van der Waals surface area contributed by atoms with E-state index in [9.17, 15) is 4.39 Å². The van der Waals surface area contributed by atoms with E-state index >= 15 is 0 Å². The van der Waals surface area contributed by atoms with Crippen LogP contribution in [0, 0.1) is 5.82 Å². The summed E-state index contributed by atoms with van der Waals surface area (Å²) in [6.45, 7) is 0.397. The molecule has 0 atom stereocenters. The second-order valence-corrected chi connectivity index (χ2v) is 5.18. The van der Waals surface area contributed by atoms with Gasteiger partial charge in [-0.3, -0.25) is 0 Å². The van der Waals surface area contributed by atoms with Gasteiger partial charge >= 0.3 is 0 Å². The zero-order valence-corrected chi connectivity index (χ0v) is 11.5. The Morgan fingerprint density at radius 3 is 2.78 bits per heavy atom. The fourth-order valence-electron chi connectivity index (χ4n) is 2.06. The Balaban J connectivity index is 1.87. The van der Waals surface area contributed by atoms with Gasteiger partial charge in [-0.25, -0.2) is 4.39 Å².